The molecule has 1 aliphatic heterocycles. The van der Waals surface area contributed by atoms with Gasteiger partial charge in [-0.1, -0.05) is 6.07 Å². The Morgan fingerprint density at radius 1 is 1.00 bits per heavy atom. The molecule has 2 atom stereocenters. The van der Waals surface area contributed by atoms with Crippen LogP contribution in [0, 0.1) is 11.8 Å². The SMILES string of the molecule is COCC1Cc2cc3c(cc2-c2c(ccc(OC)c2OC)CC1C(=O)OC)OCO3. The van der Waals surface area contributed by atoms with E-state index < -0.39 is 0 Å². The zero-order valence-electron chi connectivity index (χ0n) is 17.7. The summed E-state index contributed by atoms with van der Waals surface area (Å²) in [5.41, 5.74) is 3.89. The number of carbonyl (C=O) groups is 1. The van der Waals surface area contributed by atoms with Crippen LogP contribution in [0.15, 0.2) is 24.3 Å². The monoisotopic (exact) mass is 414 g/mol. The minimum absolute atomic E-state index is 0.0529. The maximum absolute atomic E-state index is 12.7. The zero-order chi connectivity index (χ0) is 21.3. The number of hydrogen-bond acceptors (Lipinski definition) is 7. The minimum atomic E-state index is -0.356. The second kappa shape index (κ2) is 8.44. The zero-order valence-corrected chi connectivity index (χ0v) is 17.7. The number of methoxy groups -OCH3 is 4. The van der Waals surface area contributed by atoms with E-state index in [9.17, 15) is 4.79 Å². The third-order valence-corrected chi connectivity index (χ3v) is 5.88. The van der Waals surface area contributed by atoms with Crippen molar-refractivity contribution in [2.45, 2.75) is 12.8 Å². The second-order valence-electron chi connectivity index (χ2n) is 7.45. The van der Waals surface area contributed by atoms with Crippen LogP contribution in [0.4, 0.5) is 0 Å². The lowest BCUT2D eigenvalue weighted by Gasteiger charge is -2.30. The summed E-state index contributed by atoms with van der Waals surface area (Å²) in [7, 11) is 6.30. The van der Waals surface area contributed by atoms with Crippen LogP contribution in [0.5, 0.6) is 23.0 Å². The summed E-state index contributed by atoms with van der Waals surface area (Å²) < 4.78 is 33.2. The van der Waals surface area contributed by atoms with Gasteiger partial charge in [-0.05, 0) is 53.6 Å². The molecule has 0 spiro atoms. The summed E-state index contributed by atoms with van der Waals surface area (Å²) in [4.78, 5) is 12.7. The number of hydrogen-bond donors (Lipinski definition) is 0. The molecule has 30 heavy (non-hydrogen) atoms. The van der Waals surface area contributed by atoms with Gasteiger partial charge in [0.05, 0.1) is 33.9 Å². The summed E-state index contributed by atoms with van der Waals surface area (Å²) in [6, 6.07) is 7.82. The van der Waals surface area contributed by atoms with E-state index in [2.05, 4.69) is 0 Å². The van der Waals surface area contributed by atoms with E-state index in [4.69, 9.17) is 28.4 Å². The van der Waals surface area contributed by atoms with Crippen molar-refractivity contribution in [1.29, 1.82) is 0 Å². The Hall–Kier alpha value is -2.93. The van der Waals surface area contributed by atoms with Crippen LogP contribution in [0.25, 0.3) is 11.1 Å². The van der Waals surface area contributed by atoms with Gasteiger partial charge in [-0.2, -0.15) is 0 Å². The fourth-order valence-corrected chi connectivity index (χ4v) is 4.46. The molecule has 7 nitrogen and oxygen atoms in total. The molecule has 2 aromatic carbocycles. The molecule has 0 radical (unpaired) electrons. The minimum Gasteiger partial charge on any atom is -0.493 e. The fourth-order valence-electron chi connectivity index (χ4n) is 4.46. The molecule has 0 amide bonds. The summed E-state index contributed by atoms with van der Waals surface area (Å²) in [6.07, 6.45) is 1.13. The molecule has 0 bridgehead atoms. The first-order chi connectivity index (χ1) is 14.6. The molecule has 0 saturated carbocycles. The lowest BCUT2D eigenvalue weighted by atomic mass is 9.76. The molecule has 0 N–H and O–H groups in total. The third kappa shape index (κ3) is 3.43. The first kappa shape index (κ1) is 20.3. The number of esters is 1. The standard InChI is InChI=1S/C23H26O7/c1-25-11-15-7-14-9-19-20(30-12-29-19)10-16(14)21-13(8-17(15)23(24)28-4)5-6-18(26-2)22(21)27-3/h5-6,9-10,15,17H,7-8,11-12H2,1-4H3. The van der Waals surface area contributed by atoms with Gasteiger partial charge in [-0.25, -0.2) is 0 Å². The number of rotatable bonds is 5. The molecule has 7 heteroatoms. The molecule has 2 aromatic rings. The number of carbonyl (C=O) groups excluding carboxylic acids is 1. The van der Waals surface area contributed by atoms with Crippen LogP contribution < -0.4 is 18.9 Å². The predicted octanol–water partition coefficient (Wildman–Crippen LogP) is 3.25. The lowest BCUT2D eigenvalue weighted by molar-refractivity contribution is -0.148. The highest BCUT2D eigenvalue weighted by Crippen LogP contribution is 2.48. The quantitative estimate of drug-likeness (QED) is 0.696. The molecule has 1 heterocycles. The van der Waals surface area contributed by atoms with Crippen molar-refractivity contribution in [3.8, 4) is 34.1 Å². The van der Waals surface area contributed by atoms with Crippen molar-refractivity contribution in [3.05, 3.63) is 35.4 Å². The number of benzene rings is 2. The Morgan fingerprint density at radius 3 is 2.43 bits per heavy atom. The van der Waals surface area contributed by atoms with Gasteiger partial charge in [0.2, 0.25) is 6.79 Å². The largest absolute Gasteiger partial charge is 0.493 e. The van der Waals surface area contributed by atoms with Crippen LogP contribution in [-0.2, 0) is 27.1 Å². The van der Waals surface area contributed by atoms with E-state index in [1.54, 1.807) is 21.3 Å². The molecule has 2 aliphatic rings. The fraction of sp³-hybridized carbons (Fsp3) is 0.435. The van der Waals surface area contributed by atoms with E-state index in [0.29, 0.717) is 42.4 Å². The molecule has 4 rings (SSSR count). The van der Waals surface area contributed by atoms with Gasteiger partial charge in [0.15, 0.2) is 23.0 Å². The lowest BCUT2D eigenvalue weighted by Crippen LogP contribution is -2.32. The third-order valence-electron chi connectivity index (χ3n) is 5.88. The smallest absolute Gasteiger partial charge is 0.309 e. The highest BCUT2D eigenvalue weighted by molar-refractivity contribution is 5.83. The number of fused-ring (bicyclic) bond motifs is 4. The van der Waals surface area contributed by atoms with Gasteiger partial charge in [0.1, 0.15) is 0 Å². The molecule has 0 aromatic heterocycles. The van der Waals surface area contributed by atoms with Crippen molar-refractivity contribution in [1.82, 2.24) is 0 Å². The first-order valence-electron chi connectivity index (χ1n) is 9.84. The van der Waals surface area contributed by atoms with Gasteiger partial charge >= 0.3 is 5.97 Å². The molecule has 0 saturated heterocycles. The van der Waals surface area contributed by atoms with Crippen LogP contribution in [-0.4, -0.2) is 47.8 Å². The topological polar surface area (TPSA) is 72.5 Å². The van der Waals surface area contributed by atoms with E-state index >= 15 is 0 Å². The van der Waals surface area contributed by atoms with Crippen LogP contribution in [0.2, 0.25) is 0 Å². The Morgan fingerprint density at radius 2 is 1.77 bits per heavy atom. The van der Waals surface area contributed by atoms with Gasteiger partial charge in [-0.15, -0.1) is 0 Å². The van der Waals surface area contributed by atoms with Gasteiger partial charge < -0.3 is 28.4 Å². The maximum atomic E-state index is 12.7. The summed E-state index contributed by atoms with van der Waals surface area (Å²) in [5.74, 6) is 1.99. The average molecular weight is 414 g/mol. The maximum Gasteiger partial charge on any atom is 0.309 e. The van der Waals surface area contributed by atoms with E-state index in [1.165, 1.54) is 7.11 Å². The van der Waals surface area contributed by atoms with Gasteiger partial charge in [0.25, 0.3) is 0 Å². The highest BCUT2D eigenvalue weighted by atomic mass is 16.7. The molecule has 160 valence electrons. The molecule has 0 fully saturated rings. The highest BCUT2D eigenvalue weighted by Gasteiger charge is 2.35. The molecular formula is C23H26O7. The molecular weight excluding hydrogens is 388 g/mol. The molecule has 2 unspecified atom stereocenters. The Balaban J connectivity index is 1.97. The summed E-state index contributed by atoms with van der Waals surface area (Å²) in [6.45, 7) is 0.628. The van der Waals surface area contributed by atoms with Crippen molar-refractivity contribution in [2.75, 3.05) is 41.8 Å². The Kier molecular flexibility index (Phi) is 5.72. The van der Waals surface area contributed by atoms with Crippen molar-refractivity contribution < 1.29 is 33.2 Å². The average Bonchev–Trinajstić information content (AvgIpc) is 3.21. The Labute approximate surface area is 175 Å². The predicted molar refractivity (Wildman–Crippen MR) is 109 cm³/mol. The van der Waals surface area contributed by atoms with E-state index in [1.807, 2.05) is 24.3 Å². The van der Waals surface area contributed by atoms with E-state index in [-0.39, 0.29) is 24.6 Å². The van der Waals surface area contributed by atoms with Crippen LogP contribution in [0.3, 0.4) is 0 Å². The van der Waals surface area contributed by atoms with Crippen molar-refractivity contribution >= 4 is 5.97 Å². The summed E-state index contributed by atoms with van der Waals surface area (Å²) >= 11 is 0. The van der Waals surface area contributed by atoms with Crippen LogP contribution in [0.1, 0.15) is 11.1 Å². The molecule has 1 aliphatic carbocycles. The van der Waals surface area contributed by atoms with Gasteiger partial charge in [0, 0.05) is 12.7 Å². The van der Waals surface area contributed by atoms with Crippen molar-refractivity contribution in [3.63, 3.8) is 0 Å². The van der Waals surface area contributed by atoms with E-state index in [0.717, 1.165) is 22.3 Å². The number of ether oxygens (including phenoxy) is 6. The van der Waals surface area contributed by atoms with Gasteiger partial charge in [-0.3, -0.25) is 4.79 Å². The van der Waals surface area contributed by atoms with Crippen LogP contribution >= 0.6 is 0 Å². The normalized spacial score (nSPS) is 19.2. The van der Waals surface area contributed by atoms with Crippen molar-refractivity contribution in [2.24, 2.45) is 11.8 Å². The summed E-state index contributed by atoms with van der Waals surface area (Å²) in [5, 5.41) is 0. The first-order valence-corrected chi connectivity index (χ1v) is 9.84. The second-order valence-corrected chi connectivity index (χ2v) is 7.45. The Bertz CT molecular complexity index is 953.